The molecule has 3 heteroatoms. The molecule has 8 rings (SSSR count). The second kappa shape index (κ2) is 8.19. The zero-order valence-electron chi connectivity index (χ0n) is 20.5. The van der Waals surface area contributed by atoms with Crippen LogP contribution in [0.25, 0.3) is 71.9 Å². The van der Waals surface area contributed by atoms with Gasteiger partial charge in [-0.25, -0.2) is 4.98 Å². The van der Waals surface area contributed by atoms with Crippen molar-refractivity contribution in [2.24, 2.45) is 0 Å². The molecule has 2 aromatic heterocycles. The minimum atomic E-state index is 0.629. The van der Waals surface area contributed by atoms with E-state index in [1.807, 2.05) is 6.07 Å². The van der Waals surface area contributed by atoms with Crippen LogP contribution < -0.4 is 0 Å². The summed E-state index contributed by atoms with van der Waals surface area (Å²) >= 11 is 0. The number of oxazole rings is 1. The van der Waals surface area contributed by atoms with Gasteiger partial charge in [0, 0.05) is 22.0 Å². The quantitative estimate of drug-likeness (QED) is 0.249. The molecular weight excluding hydrogens is 464 g/mol. The molecule has 3 nitrogen and oxygen atoms in total. The summed E-state index contributed by atoms with van der Waals surface area (Å²) in [6.45, 7) is 0. The van der Waals surface area contributed by atoms with E-state index in [2.05, 4.69) is 132 Å². The molecule has 0 aliphatic rings. The number of nitrogens with zero attached hydrogens (tertiary/aromatic N) is 2. The molecule has 2 heterocycles. The van der Waals surface area contributed by atoms with Crippen molar-refractivity contribution in [1.29, 1.82) is 0 Å². The summed E-state index contributed by atoms with van der Waals surface area (Å²) in [7, 11) is 0. The second-order valence-corrected chi connectivity index (χ2v) is 9.64. The predicted molar refractivity (Wildman–Crippen MR) is 157 cm³/mol. The first-order valence-corrected chi connectivity index (χ1v) is 12.8. The number of hydrogen-bond acceptors (Lipinski definition) is 2. The van der Waals surface area contributed by atoms with Crippen LogP contribution in [0.15, 0.2) is 138 Å². The van der Waals surface area contributed by atoms with Gasteiger partial charge in [0.2, 0.25) is 5.89 Å². The van der Waals surface area contributed by atoms with Gasteiger partial charge < -0.3 is 8.98 Å². The lowest BCUT2D eigenvalue weighted by molar-refractivity contribution is 0.620. The Morgan fingerprint density at radius 2 is 1.16 bits per heavy atom. The Morgan fingerprint density at radius 1 is 0.526 bits per heavy atom. The van der Waals surface area contributed by atoms with E-state index in [1.165, 1.54) is 38.1 Å². The molecule has 6 aromatic carbocycles. The van der Waals surface area contributed by atoms with Crippen molar-refractivity contribution in [1.82, 2.24) is 9.55 Å². The highest BCUT2D eigenvalue weighted by molar-refractivity contribution is 6.09. The Balaban J connectivity index is 1.20. The van der Waals surface area contributed by atoms with E-state index in [-0.39, 0.29) is 0 Å². The predicted octanol–water partition coefficient (Wildman–Crippen LogP) is 9.41. The molecule has 0 N–H and O–H groups in total. The molecule has 0 aliphatic heterocycles. The minimum Gasteiger partial charge on any atom is -0.436 e. The van der Waals surface area contributed by atoms with Crippen LogP contribution in [0, 0.1) is 0 Å². The highest BCUT2D eigenvalue weighted by Gasteiger charge is 2.14. The fraction of sp³-hybridized carbons (Fsp3) is 0. The van der Waals surface area contributed by atoms with Crippen LogP contribution >= 0.6 is 0 Å². The lowest BCUT2D eigenvalue weighted by Gasteiger charge is -2.08. The molecule has 0 unspecified atom stereocenters. The van der Waals surface area contributed by atoms with Gasteiger partial charge >= 0.3 is 0 Å². The molecule has 0 radical (unpaired) electrons. The summed E-state index contributed by atoms with van der Waals surface area (Å²) in [5.41, 5.74) is 8.44. The van der Waals surface area contributed by atoms with Crippen LogP contribution in [0.5, 0.6) is 0 Å². The third kappa shape index (κ3) is 3.19. The molecule has 8 aromatic rings. The fourth-order valence-electron chi connectivity index (χ4n) is 5.65. The van der Waals surface area contributed by atoms with Crippen molar-refractivity contribution in [2.45, 2.75) is 0 Å². The molecule has 0 fully saturated rings. The molecule has 0 spiro atoms. The number of hydrogen-bond donors (Lipinski definition) is 0. The zero-order chi connectivity index (χ0) is 25.1. The Bertz CT molecular complexity index is 2070. The van der Waals surface area contributed by atoms with E-state index >= 15 is 0 Å². The molecule has 0 atom stereocenters. The van der Waals surface area contributed by atoms with Crippen molar-refractivity contribution in [3.8, 4) is 28.3 Å². The number of para-hydroxylation sites is 2. The van der Waals surface area contributed by atoms with Crippen molar-refractivity contribution in [3.63, 3.8) is 0 Å². The average Bonchev–Trinajstić information content (AvgIpc) is 3.56. The normalized spacial score (nSPS) is 11.7. The van der Waals surface area contributed by atoms with E-state index in [4.69, 9.17) is 9.40 Å². The second-order valence-electron chi connectivity index (χ2n) is 9.64. The molecule has 0 saturated heterocycles. The summed E-state index contributed by atoms with van der Waals surface area (Å²) < 4.78 is 8.50. The van der Waals surface area contributed by atoms with Crippen LogP contribution in [0.1, 0.15) is 0 Å². The van der Waals surface area contributed by atoms with Gasteiger partial charge in [0.05, 0.1) is 11.0 Å². The third-order valence-corrected chi connectivity index (χ3v) is 7.44. The van der Waals surface area contributed by atoms with Gasteiger partial charge in [-0.15, -0.1) is 0 Å². The number of benzene rings is 6. The standard InChI is InChI=1S/C35H22N2O/c1-2-10-27-23(8-1)9-7-13-28(27)25-18-21-34-31(22-25)36-35(38-34)24-16-19-26(20-17-24)37-32-14-5-3-11-29(32)30-12-4-6-15-33(30)37/h1-22H. The summed E-state index contributed by atoms with van der Waals surface area (Å²) in [5.74, 6) is 0.629. The Kier molecular flexibility index (Phi) is 4.52. The first-order chi connectivity index (χ1) is 18.8. The first kappa shape index (κ1) is 21.0. The number of rotatable bonds is 3. The maximum atomic E-state index is 6.19. The average molecular weight is 487 g/mol. The molecule has 0 amide bonds. The van der Waals surface area contributed by atoms with Gasteiger partial charge in [-0.2, -0.15) is 0 Å². The van der Waals surface area contributed by atoms with E-state index in [0.29, 0.717) is 5.89 Å². The number of fused-ring (bicyclic) bond motifs is 5. The van der Waals surface area contributed by atoms with Gasteiger partial charge in [0.1, 0.15) is 5.52 Å². The van der Waals surface area contributed by atoms with E-state index < -0.39 is 0 Å². The van der Waals surface area contributed by atoms with Crippen LogP contribution in [-0.2, 0) is 0 Å². The van der Waals surface area contributed by atoms with Gasteiger partial charge in [0.25, 0.3) is 0 Å². The SMILES string of the molecule is c1ccc2c(-c3ccc4oc(-c5ccc(-n6c7ccccc7c7ccccc76)cc5)nc4c3)cccc2c1. The van der Waals surface area contributed by atoms with E-state index in [1.54, 1.807) is 0 Å². The molecule has 0 saturated carbocycles. The monoisotopic (exact) mass is 486 g/mol. The Morgan fingerprint density at radius 3 is 1.92 bits per heavy atom. The van der Waals surface area contributed by atoms with Crippen molar-refractivity contribution >= 4 is 43.7 Å². The molecule has 38 heavy (non-hydrogen) atoms. The highest BCUT2D eigenvalue weighted by Crippen LogP contribution is 2.34. The minimum absolute atomic E-state index is 0.629. The lowest BCUT2D eigenvalue weighted by Crippen LogP contribution is -1.93. The van der Waals surface area contributed by atoms with Crippen LogP contribution in [0.4, 0.5) is 0 Å². The van der Waals surface area contributed by atoms with Crippen molar-refractivity contribution in [2.75, 3.05) is 0 Å². The van der Waals surface area contributed by atoms with Gasteiger partial charge in [-0.05, 0) is 70.4 Å². The zero-order valence-corrected chi connectivity index (χ0v) is 20.5. The smallest absolute Gasteiger partial charge is 0.227 e. The third-order valence-electron chi connectivity index (χ3n) is 7.44. The van der Waals surface area contributed by atoms with Crippen LogP contribution in [0.2, 0.25) is 0 Å². The highest BCUT2D eigenvalue weighted by atomic mass is 16.3. The van der Waals surface area contributed by atoms with Crippen molar-refractivity contribution in [3.05, 3.63) is 133 Å². The largest absolute Gasteiger partial charge is 0.436 e. The lowest BCUT2D eigenvalue weighted by atomic mass is 9.98. The van der Waals surface area contributed by atoms with Crippen LogP contribution in [-0.4, -0.2) is 9.55 Å². The fourth-order valence-corrected chi connectivity index (χ4v) is 5.65. The molecular formula is C35H22N2O. The van der Waals surface area contributed by atoms with Gasteiger partial charge in [0.15, 0.2) is 5.58 Å². The van der Waals surface area contributed by atoms with Crippen molar-refractivity contribution < 1.29 is 4.42 Å². The molecule has 0 aliphatic carbocycles. The van der Waals surface area contributed by atoms with E-state index in [9.17, 15) is 0 Å². The maximum absolute atomic E-state index is 6.19. The summed E-state index contributed by atoms with van der Waals surface area (Å²) in [6.07, 6.45) is 0. The summed E-state index contributed by atoms with van der Waals surface area (Å²) in [4.78, 5) is 4.87. The topological polar surface area (TPSA) is 31.0 Å². The summed E-state index contributed by atoms with van der Waals surface area (Å²) in [5, 5.41) is 4.98. The molecule has 178 valence electrons. The number of aromatic nitrogens is 2. The Labute approximate surface area is 219 Å². The Hall–Kier alpha value is -5.15. The first-order valence-electron chi connectivity index (χ1n) is 12.8. The maximum Gasteiger partial charge on any atom is 0.227 e. The molecule has 0 bridgehead atoms. The summed E-state index contributed by atoms with van der Waals surface area (Å²) in [6, 6.07) is 46.7. The van der Waals surface area contributed by atoms with E-state index in [0.717, 1.165) is 27.9 Å². The van der Waals surface area contributed by atoms with Gasteiger partial charge in [-0.1, -0.05) is 84.9 Å². The van der Waals surface area contributed by atoms with Gasteiger partial charge in [-0.3, -0.25) is 0 Å². The van der Waals surface area contributed by atoms with Crippen LogP contribution in [0.3, 0.4) is 0 Å².